The van der Waals surface area contributed by atoms with Crippen LogP contribution in [0.3, 0.4) is 0 Å². The molecule has 8 nitrogen and oxygen atoms in total. The Balaban J connectivity index is 2.37. The minimum atomic E-state index is -1.73. The van der Waals surface area contributed by atoms with Crippen LogP contribution in [-0.2, 0) is 34.2 Å². The molecule has 0 atom stereocenters. The van der Waals surface area contributed by atoms with E-state index >= 15 is 0 Å². The van der Waals surface area contributed by atoms with Gasteiger partial charge < -0.3 is 23.7 Å². The summed E-state index contributed by atoms with van der Waals surface area (Å²) in [6.45, 7) is 0. The number of rotatable bonds is 6. The van der Waals surface area contributed by atoms with Crippen molar-refractivity contribution in [3.05, 3.63) is 70.8 Å². The Morgan fingerprint density at radius 2 is 1.17 bits per heavy atom. The maximum Gasteiger partial charge on any atom is 0.347 e. The molecule has 0 fully saturated rings. The molecule has 0 saturated carbocycles. The number of carbonyl (C=O) groups is 3. The third-order valence-corrected chi connectivity index (χ3v) is 4.82. The van der Waals surface area contributed by atoms with Gasteiger partial charge in [0.05, 0.1) is 28.4 Å². The number of esters is 3. The maximum atomic E-state index is 12.8. The largest absolute Gasteiger partial charge is 0.497 e. The van der Waals surface area contributed by atoms with E-state index < -0.39 is 29.1 Å². The van der Waals surface area contributed by atoms with E-state index in [-0.39, 0.29) is 5.57 Å². The van der Waals surface area contributed by atoms with Gasteiger partial charge in [-0.2, -0.15) is 0 Å². The SMILES string of the molecule is COC(=O)C1=C(C(=O)OC)C(c2ccc(OC)cc2)(c2ccc(OC)cc2)OC1=O. The number of hydrogen-bond acceptors (Lipinski definition) is 8. The molecule has 0 saturated heterocycles. The van der Waals surface area contributed by atoms with Gasteiger partial charge >= 0.3 is 17.9 Å². The number of carbonyl (C=O) groups excluding carboxylic acids is 3. The first-order chi connectivity index (χ1) is 14.4. The molecule has 0 spiro atoms. The topological polar surface area (TPSA) is 97.4 Å². The van der Waals surface area contributed by atoms with Crippen molar-refractivity contribution in [3.8, 4) is 11.5 Å². The van der Waals surface area contributed by atoms with E-state index in [0.717, 1.165) is 14.2 Å². The number of cyclic esters (lactones) is 1. The first kappa shape index (κ1) is 20.9. The Kier molecular flexibility index (Phi) is 5.77. The predicted molar refractivity (Wildman–Crippen MR) is 104 cm³/mol. The minimum absolute atomic E-state index is 0.266. The standard InChI is InChI=1S/C22H20O8/c1-26-15-9-5-13(6-10-15)22(14-7-11-16(27-2)12-8-14)18(21(25)29-4)17(19(23)28-3)20(24)30-22/h5-12H,1-4H3. The van der Waals surface area contributed by atoms with Gasteiger partial charge in [0.15, 0.2) is 11.2 Å². The second-order valence-corrected chi connectivity index (χ2v) is 6.26. The van der Waals surface area contributed by atoms with Crippen LogP contribution in [0.25, 0.3) is 0 Å². The summed E-state index contributed by atoms with van der Waals surface area (Å²) in [6.07, 6.45) is 0. The van der Waals surface area contributed by atoms with Gasteiger partial charge in [-0.25, -0.2) is 14.4 Å². The summed E-state index contributed by atoms with van der Waals surface area (Å²) in [5.41, 5.74) is -1.68. The summed E-state index contributed by atoms with van der Waals surface area (Å²) >= 11 is 0. The third kappa shape index (κ3) is 3.26. The molecule has 0 N–H and O–H groups in total. The van der Waals surface area contributed by atoms with Crippen LogP contribution in [0.15, 0.2) is 59.7 Å². The molecule has 0 amide bonds. The lowest BCUT2D eigenvalue weighted by atomic mass is 9.79. The second kappa shape index (κ2) is 8.28. The molecule has 1 aliphatic rings. The fraction of sp³-hybridized carbons (Fsp3) is 0.227. The number of methoxy groups -OCH3 is 4. The summed E-state index contributed by atoms with van der Waals surface area (Å²) in [5.74, 6) is -1.76. The monoisotopic (exact) mass is 412 g/mol. The lowest BCUT2D eigenvalue weighted by Crippen LogP contribution is -2.34. The van der Waals surface area contributed by atoms with Gasteiger partial charge in [-0.15, -0.1) is 0 Å². The Bertz CT molecular complexity index is 955. The van der Waals surface area contributed by atoms with Gasteiger partial charge in [0.2, 0.25) is 0 Å². The number of ether oxygens (including phenoxy) is 5. The summed E-state index contributed by atoms with van der Waals surface area (Å²) in [5, 5.41) is 0. The van der Waals surface area contributed by atoms with Crippen LogP contribution in [0.2, 0.25) is 0 Å². The van der Waals surface area contributed by atoms with Crippen LogP contribution < -0.4 is 9.47 Å². The Hall–Kier alpha value is -3.81. The van der Waals surface area contributed by atoms with Crippen molar-refractivity contribution in [2.75, 3.05) is 28.4 Å². The third-order valence-electron chi connectivity index (χ3n) is 4.82. The van der Waals surface area contributed by atoms with E-state index in [4.69, 9.17) is 23.7 Å². The van der Waals surface area contributed by atoms with Crippen LogP contribution >= 0.6 is 0 Å². The van der Waals surface area contributed by atoms with Gasteiger partial charge in [-0.3, -0.25) is 0 Å². The highest BCUT2D eigenvalue weighted by Crippen LogP contribution is 2.48. The van der Waals surface area contributed by atoms with Crippen LogP contribution in [0.4, 0.5) is 0 Å². The van der Waals surface area contributed by atoms with Crippen LogP contribution in [0.1, 0.15) is 11.1 Å². The van der Waals surface area contributed by atoms with Crippen molar-refractivity contribution in [1.82, 2.24) is 0 Å². The van der Waals surface area contributed by atoms with Crippen molar-refractivity contribution >= 4 is 17.9 Å². The van der Waals surface area contributed by atoms with Crippen LogP contribution in [0, 0.1) is 0 Å². The van der Waals surface area contributed by atoms with Crippen molar-refractivity contribution in [2.24, 2.45) is 0 Å². The van der Waals surface area contributed by atoms with E-state index in [1.807, 2.05) is 0 Å². The van der Waals surface area contributed by atoms with Gasteiger partial charge in [0, 0.05) is 11.1 Å². The average molecular weight is 412 g/mol. The van der Waals surface area contributed by atoms with Gasteiger partial charge in [-0.1, -0.05) is 24.3 Å². The van der Waals surface area contributed by atoms with Gasteiger partial charge in [0.25, 0.3) is 0 Å². The summed E-state index contributed by atoms with van der Waals surface area (Å²) in [4.78, 5) is 38.0. The zero-order valence-corrected chi connectivity index (χ0v) is 16.9. The highest BCUT2D eigenvalue weighted by atomic mass is 16.6. The molecule has 0 unspecified atom stereocenters. The Labute approximate surface area is 172 Å². The van der Waals surface area contributed by atoms with Crippen LogP contribution in [0.5, 0.6) is 11.5 Å². The molecule has 30 heavy (non-hydrogen) atoms. The van der Waals surface area contributed by atoms with E-state index in [9.17, 15) is 14.4 Å². The fourth-order valence-corrected chi connectivity index (χ4v) is 3.38. The molecule has 3 rings (SSSR count). The van der Waals surface area contributed by atoms with Crippen molar-refractivity contribution in [1.29, 1.82) is 0 Å². The second-order valence-electron chi connectivity index (χ2n) is 6.26. The lowest BCUT2D eigenvalue weighted by molar-refractivity contribution is -0.148. The molecule has 2 aromatic rings. The molecular formula is C22H20O8. The summed E-state index contributed by atoms with van der Waals surface area (Å²) < 4.78 is 25.8. The zero-order chi connectivity index (χ0) is 21.9. The quantitative estimate of drug-likeness (QED) is 0.404. The zero-order valence-electron chi connectivity index (χ0n) is 16.9. The normalized spacial score (nSPS) is 14.7. The molecule has 1 heterocycles. The minimum Gasteiger partial charge on any atom is -0.497 e. The summed E-state index contributed by atoms with van der Waals surface area (Å²) in [7, 11) is 5.29. The molecule has 156 valence electrons. The van der Waals surface area contributed by atoms with Crippen molar-refractivity contribution < 1.29 is 38.1 Å². The van der Waals surface area contributed by atoms with Gasteiger partial charge in [0.1, 0.15) is 17.1 Å². The molecule has 0 aliphatic carbocycles. The molecule has 0 aromatic heterocycles. The fourth-order valence-electron chi connectivity index (χ4n) is 3.38. The molecule has 0 radical (unpaired) electrons. The smallest absolute Gasteiger partial charge is 0.347 e. The molecular weight excluding hydrogens is 392 g/mol. The van der Waals surface area contributed by atoms with E-state index in [0.29, 0.717) is 22.6 Å². The van der Waals surface area contributed by atoms with Gasteiger partial charge in [-0.05, 0) is 24.3 Å². The molecule has 0 bridgehead atoms. The first-order valence-corrected chi connectivity index (χ1v) is 8.86. The summed E-state index contributed by atoms with van der Waals surface area (Å²) in [6, 6.07) is 13.2. The van der Waals surface area contributed by atoms with Crippen molar-refractivity contribution in [3.63, 3.8) is 0 Å². The van der Waals surface area contributed by atoms with Crippen LogP contribution in [-0.4, -0.2) is 46.3 Å². The molecule has 2 aromatic carbocycles. The lowest BCUT2D eigenvalue weighted by Gasteiger charge is -2.31. The highest BCUT2D eigenvalue weighted by Gasteiger charge is 2.56. The number of hydrogen-bond donors (Lipinski definition) is 0. The highest BCUT2D eigenvalue weighted by molar-refractivity contribution is 6.22. The van der Waals surface area contributed by atoms with E-state index in [1.165, 1.54) is 14.2 Å². The predicted octanol–water partition coefficient (Wildman–Crippen LogP) is 2.15. The van der Waals surface area contributed by atoms with E-state index in [1.54, 1.807) is 48.5 Å². The molecule has 8 heteroatoms. The van der Waals surface area contributed by atoms with Crippen molar-refractivity contribution in [2.45, 2.75) is 5.60 Å². The Morgan fingerprint density at radius 3 is 1.53 bits per heavy atom. The van der Waals surface area contributed by atoms with E-state index in [2.05, 4.69) is 0 Å². The maximum absolute atomic E-state index is 12.8. The molecule has 1 aliphatic heterocycles. The first-order valence-electron chi connectivity index (χ1n) is 8.86. The Morgan fingerprint density at radius 1 is 0.733 bits per heavy atom. The number of benzene rings is 2. The average Bonchev–Trinajstić information content (AvgIpc) is 3.11.